The Hall–Kier alpha value is -5.66. The van der Waals surface area contributed by atoms with Crippen molar-refractivity contribution in [2.45, 2.75) is 38.5 Å². The summed E-state index contributed by atoms with van der Waals surface area (Å²) in [5.41, 5.74) is 4.93. The molecule has 0 atom stereocenters. The predicted octanol–water partition coefficient (Wildman–Crippen LogP) is 11.7. The summed E-state index contributed by atoms with van der Waals surface area (Å²) in [4.78, 5) is 4.89. The summed E-state index contributed by atoms with van der Waals surface area (Å²) in [5.74, 6) is 1.80. The number of rotatable bonds is 14. The molecule has 4 nitrogen and oxygen atoms in total. The van der Waals surface area contributed by atoms with Gasteiger partial charge in [-0.1, -0.05) is 98.5 Å². The highest BCUT2D eigenvalue weighted by atomic mass is 16.5. The Morgan fingerprint density at radius 2 is 1.04 bits per heavy atom. The van der Waals surface area contributed by atoms with Crippen LogP contribution in [0.15, 0.2) is 132 Å². The lowest BCUT2D eigenvalue weighted by molar-refractivity contribution is 0.297. The second kappa shape index (κ2) is 14.8. The topological polar surface area (TPSA) is 54.6 Å². The first kappa shape index (κ1) is 31.0. The Bertz CT molecular complexity index is 2160. The maximum absolute atomic E-state index is 8.97. The molecule has 0 aliphatic carbocycles. The van der Waals surface area contributed by atoms with E-state index in [9.17, 15) is 0 Å². The van der Waals surface area contributed by atoms with Crippen LogP contribution in [0.5, 0.6) is 11.5 Å². The van der Waals surface area contributed by atoms with Crippen molar-refractivity contribution in [3.63, 3.8) is 0 Å². The zero-order valence-corrected chi connectivity index (χ0v) is 27.1. The van der Waals surface area contributed by atoms with Crippen molar-refractivity contribution < 1.29 is 9.47 Å². The number of hydrogen-bond acceptors (Lipinski definition) is 4. The van der Waals surface area contributed by atoms with Gasteiger partial charge < -0.3 is 9.47 Å². The van der Waals surface area contributed by atoms with Gasteiger partial charge in [0.25, 0.3) is 0 Å². The summed E-state index contributed by atoms with van der Waals surface area (Å²) in [6.07, 6.45) is 8.81. The fourth-order valence-electron chi connectivity index (χ4n) is 6.40. The number of nitriles is 1. The molecule has 0 N–H and O–H groups in total. The Morgan fingerprint density at radius 3 is 1.67 bits per heavy atom. The van der Waals surface area contributed by atoms with Crippen molar-refractivity contribution in [3.05, 3.63) is 139 Å². The van der Waals surface area contributed by atoms with Gasteiger partial charge in [-0.25, -0.2) is 0 Å². The number of ether oxygens (including phenoxy) is 2. The highest BCUT2D eigenvalue weighted by Gasteiger charge is 2.10. The Morgan fingerprint density at radius 1 is 0.521 bits per heavy atom. The summed E-state index contributed by atoms with van der Waals surface area (Å²) in [5, 5.41) is 16.6. The second-order valence-electron chi connectivity index (χ2n) is 12.3. The lowest BCUT2D eigenvalue weighted by atomic mass is 9.93. The van der Waals surface area contributed by atoms with E-state index in [0.717, 1.165) is 59.9 Å². The van der Waals surface area contributed by atoms with E-state index >= 15 is 0 Å². The fourth-order valence-corrected chi connectivity index (χ4v) is 6.40. The van der Waals surface area contributed by atoms with Crippen molar-refractivity contribution in [2.75, 3.05) is 13.2 Å². The highest BCUT2D eigenvalue weighted by molar-refractivity contribution is 6.25. The van der Waals surface area contributed by atoms with Crippen molar-refractivity contribution in [2.24, 2.45) is 4.99 Å². The van der Waals surface area contributed by atoms with E-state index in [4.69, 9.17) is 19.7 Å². The number of aliphatic imine (C=N–C) groups is 1. The molecule has 0 radical (unpaired) electrons. The average molecular weight is 627 g/mol. The van der Waals surface area contributed by atoms with Gasteiger partial charge in [-0.3, -0.25) is 4.99 Å². The average Bonchev–Trinajstić information content (AvgIpc) is 3.15. The van der Waals surface area contributed by atoms with Crippen LogP contribution in [0.3, 0.4) is 0 Å². The van der Waals surface area contributed by atoms with Crippen molar-refractivity contribution in [1.82, 2.24) is 0 Å². The van der Waals surface area contributed by atoms with Crippen LogP contribution in [0.4, 0.5) is 5.69 Å². The molecule has 236 valence electrons. The van der Waals surface area contributed by atoms with Gasteiger partial charge in [0.2, 0.25) is 0 Å². The van der Waals surface area contributed by atoms with Crippen LogP contribution in [-0.4, -0.2) is 19.4 Å². The normalized spacial score (nSPS) is 11.5. The van der Waals surface area contributed by atoms with Gasteiger partial charge in [-0.2, -0.15) is 5.26 Å². The third-order valence-corrected chi connectivity index (χ3v) is 9.02. The van der Waals surface area contributed by atoms with Gasteiger partial charge in [0.1, 0.15) is 11.5 Å². The van der Waals surface area contributed by atoms with E-state index < -0.39 is 0 Å². The minimum atomic E-state index is 0.674. The summed E-state index contributed by atoms with van der Waals surface area (Å²) >= 11 is 0. The summed E-state index contributed by atoms with van der Waals surface area (Å²) in [6, 6.07) is 45.8. The molecule has 0 unspecified atom stereocenters. The maximum atomic E-state index is 8.97. The van der Waals surface area contributed by atoms with Crippen molar-refractivity contribution in [3.8, 4) is 28.7 Å². The molecule has 0 bridgehead atoms. The molecule has 0 heterocycles. The molecular weight excluding hydrogens is 588 g/mol. The van der Waals surface area contributed by atoms with Crippen LogP contribution >= 0.6 is 0 Å². The largest absolute Gasteiger partial charge is 0.494 e. The van der Waals surface area contributed by atoms with E-state index in [1.54, 1.807) is 0 Å². The predicted molar refractivity (Wildman–Crippen MR) is 199 cm³/mol. The van der Waals surface area contributed by atoms with Crippen LogP contribution in [0.2, 0.25) is 0 Å². The smallest absolute Gasteiger partial charge is 0.119 e. The summed E-state index contributed by atoms with van der Waals surface area (Å²) < 4.78 is 12.0. The minimum absolute atomic E-state index is 0.674. The first-order chi connectivity index (χ1) is 23.7. The lowest BCUT2D eigenvalue weighted by Gasteiger charge is -2.12. The molecule has 0 amide bonds. The molecule has 0 saturated carbocycles. The van der Waals surface area contributed by atoms with Gasteiger partial charge in [0.05, 0.1) is 30.5 Å². The van der Waals surface area contributed by atoms with Gasteiger partial charge in [-0.15, -0.1) is 0 Å². The quantitative estimate of drug-likeness (QED) is 0.0685. The molecule has 7 aromatic carbocycles. The standard InChI is InChI=1S/C44H38N2O2/c45-30-32-10-14-34(15-11-32)35-18-24-40(25-19-35)48-29-6-4-2-1-3-5-28-47-39-22-12-33(13-23-39)31-46-42-27-21-38-17-16-36-8-7-9-37-20-26-41(42)44(38)43(36)37/h7-27,31H,1-6,28-29H2. The molecule has 0 fully saturated rings. The third-order valence-electron chi connectivity index (χ3n) is 9.02. The zero-order chi connectivity index (χ0) is 32.5. The van der Waals surface area contributed by atoms with Crippen LogP contribution in [0.1, 0.15) is 49.7 Å². The molecule has 4 heteroatoms. The van der Waals surface area contributed by atoms with Crippen LogP contribution in [-0.2, 0) is 0 Å². The molecule has 0 aliphatic rings. The summed E-state index contributed by atoms with van der Waals surface area (Å²) in [7, 11) is 0. The van der Waals surface area contributed by atoms with Crippen LogP contribution in [0.25, 0.3) is 43.4 Å². The maximum Gasteiger partial charge on any atom is 0.119 e. The molecule has 0 aliphatic heterocycles. The van der Waals surface area contributed by atoms with E-state index in [0.29, 0.717) is 5.56 Å². The molecule has 0 saturated heterocycles. The zero-order valence-electron chi connectivity index (χ0n) is 27.1. The van der Waals surface area contributed by atoms with Gasteiger partial charge >= 0.3 is 0 Å². The fraction of sp³-hybridized carbons (Fsp3) is 0.182. The van der Waals surface area contributed by atoms with Gasteiger partial charge in [-0.05, 0) is 111 Å². The molecule has 48 heavy (non-hydrogen) atoms. The SMILES string of the molecule is N#Cc1ccc(-c2ccc(OCCCCCCCCOc3ccc(C=Nc4ccc5ccc6cccc7ccc4c5c67)cc3)cc2)cc1. The molecule has 7 rings (SSSR count). The van der Waals surface area contributed by atoms with Crippen LogP contribution < -0.4 is 9.47 Å². The third kappa shape index (κ3) is 7.17. The van der Waals surface area contributed by atoms with Gasteiger partial charge in [0, 0.05) is 11.6 Å². The van der Waals surface area contributed by atoms with E-state index in [1.807, 2.05) is 54.7 Å². The molecule has 7 aromatic rings. The van der Waals surface area contributed by atoms with E-state index in [1.165, 1.54) is 58.0 Å². The second-order valence-corrected chi connectivity index (χ2v) is 12.3. The Kier molecular flexibility index (Phi) is 9.57. The van der Waals surface area contributed by atoms with Crippen molar-refractivity contribution >= 4 is 44.2 Å². The Balaban J connectivity index is 0.794. The van der Waals surface area contributed by atoms with Gasteiger partial charge in [0.15, 0.2) is 0 Å². The lowest BCUT2D eigenvalue weighted by Crippen LogP contribution is -1.98. The number of benzene rings is 7. The van der Waals surface area contributed by atoms with E-state index in [2.05, 4.69) is 84.9 Å². The van der Waals surface area contributed by atoms with Crippen LogP contribution in [0, 0.1) is 11.3 Å². The van der Waals surface area contributed by atoms with Crippen molar-refractivity contribution in [1.29, 1.82) is 5.26 Å². The molecule has 0 aromatic heterocycles. The minimum Gasteiger partial charge on any atom is -0.494 e. The van der Waals surface area contributed by atoms with E-state index in [-0.39, 0.29) is 0 Å². The number of unbranched alkanes of at least 4 members (excludes halogenated alkanes) is 5. The first-order valence-corrected chi connectivity index (χ1v) is 16.9. The first-order valence-electron chi connectivity index (χ1n) is 16.9. The number of nitrogens with zero attached hydrogens (tertiary/aromatic N) is 2. The number of hydrogen-bond donors (Lipinski definition) is 0. The summed E-state index contributed by atoms with van der Waals surface area (Å²) in [6.45, 7) is 1.47. The highest BCUT2D eigenvalue weighted by Crippen LogP contribution is 2.38. The molecule has 0 spiro atoms. The monoisotopic (exact) mass is 626 g/mol. The Labute approximate surface area is 282 Å². The molecular formula is C44H38N2O2.